The third-order valence-corrected chi connectivity index (χ3v) is 4.61. The van der Waals surface area contributed by atoms with Crippen molar-refractivity contribution in [3.05, 3.63) is 29.3 Å². The molecule has 0 spiro atoms. The molecule has 1 amide bonds. The highest BCUT2D eigenvalue weighted by atomic mass is 35.5. The Kier molecular flexibility index (Phi) is 7.16. The molecular weight excluding hydrogens is 324 g/mol. The number of nitrogens with zero attached hydrogens (tertiary/aromatic N) is 1. The maximum atomic E-state index is 11.9. The number of nitrogens with one attached hydrogen (secondary N) is 1. The smallest absolute Gasteiger partial charge is 0.232 e. The lowest BCUT2D eigenvalue weighted by atomic mass is 10.1. The molecule has 0 radical (unpaired) electrons. The van der Waals surface area contributed by atoms with Gasteiger partial charge in [0.2, 0.25) is 15.9 Å². The second-order valence-electron chi connectivity index (χ2n) is 5.57. The number of hydrogen-bond acceptors (Lipinski definition) is 3. The second-order valence-corrected chi connectivity index (χ2v) is 7.88. The summed E-state index contributed by atoms with van der Waals surface area (Å²) in [6, 6.07) is 6.69. The number of sulfonamides is 1. The van der Waals surface area contributed by atoms with Crippen molar-refractivity contribution in [2.45, 2.75) is 26.7 Å². The fourth-order valence-corrected chi connectivity index (χ4v) is 3.14. The summed E-state index contributed by atoms with van der Waals surface area (Å²) in [7, 11) is -3.50. The lowest BCUT2D eigenvalue weighted by Gasteiger charge is -2.23. The highest BCUT2D eigenvalue weighted by molar-refractivity contribution is 7.92. The third kappa shape index (κ3) is 6.23. The van der Waals surface area contributed by atoms with Gasteiger partial charge in [-0.05, 0) is 24.5 Å². The Labute approximate surface area is 137 Å². The summed E-state index contributed by atoms with van der Waals surface area (Å²) in [5.41, 5.74) is 0.390. The maximum absolute atomic E-state index is 11.9. The van der Waals surface area contributed by atoms with Crippen molar-refractivity contribution in [2.75, 3.05) is 23.7 Å². The van der Waals surface area contributed by atoms with Crippen molar-refractivity contribution in [1.82, 2.24) is 5.32 Å². The molecule has 5 nitrogen and oxygen atoms in total. The summed E-state index contributed by atoms with van der Waals surface area (Å²) in [6.45, 7) is 4.82. The molecule has 0 aliphatic rings. The highest BCUT2D eigenvalue weighted by Gasteiger charge is 2.20. The van der Waals surface area contributed by atoms with Crippen LogP contribution in [0.4, 0.5) is 5.69 Å². The van der Waals surface area contributed by atoms with Crippen molar-refractivity contribution in [2.24, 2.45) is 5.92 Å². The van der Waals surface area contributed by atoms with Crippen LogP contribution in [0.15, 0.2) is 24.3 Å². The zero-order chi connectivity index (χ0) is 16.8. The molecule has 0 unspecified atom stereocenters. The topological polar surface area (TPSA) is 66.5 Å². The molecule has 22 heavy (non-hydrogen) atoms. The Balaban J connectivity index is 2.69. The molecule has 0 aromatic heterocycles. The van der Waals surface area contributed by atoms with Crippen LogP contribution < -0.4 is 9.62 Å². The van der Waals surface area contributed by atoms with Crippen LogP contribution in [0.5, 0.6) is 0 Å². The predicted octanol–water partition coefficient (Wildman–Crippen LogP) is 2.66. The van der Waals surface area contributed by atoms with E-state index < -0.39 is 10.0 Å². The van der Waals surface area contributed by atoms with Crippen LogP contribution in [0, 0.1) is 5.92 Å². The van der Waals surface area contributed by atoms with Crippen molar-refractivity contribution >= 4 is 33.2 Å². The first-order valence-electron chi connectivity index (χ1n) is 7.20. The Bertz CT molecular complexity index is 603. The van der Waals surface area contributed by atoms with Gasteiger partial charge in [0.25, 0.3) is 0 Å². The number of para-hydroxylation sites is 1. The largest absolute Gasteiger partial charge is 0.356 e. The van der Waals surface area contributed by atoms with Gasteiger partial charge in [0.1, 0.15) is 0 Å². The van der Waals surface area contributed by atoms with Crippen molar-refractivity contribution in [3.8, 4) is 0 Å². The number of carbonyl (C=O) groups is 1. The van der Waals surface area contributed by atoms with Crippen LogP contribution in [0.25, 0.3) is 0 Å². The van der Waals surface area contributed by atoms with Gasteiger partial charge in [-0.15, -0.1) is 0 Å². The van der Waals surface area contributed by atoms with E-state index in [0.29, 0.717) is 23.2 Å². The van der Waals surface area contributed by atoms with E-state index >= 15 is 0 Å². The van der Waals surface area contributed by atoms with Crippen LogP contribution in [0.2, 0.25) is 5.02 Å². The van der Waals surface area contributed by atoms with E-state index in [-0.39, 0.29) is 18.9 Å². The molecule has 0 saturated carbocycles. The van der Waals surface area contributed by atoms with Crippen LogP contribution in [-0.4, -0.2) is 33.7 Å². The molecule has 0 bridgehead atoms. The molecule has 0 saturated heterocycles. The van der Waals surface area contributed by atoms with E-state index in [1.807, 2.05) is 0 Å². The average Bonchev–Trinajstić information content (AvgIpc) is 2.39. The van der Waals surface area contributed by atoms with Crippen LogP contribution in [0.1, 0.15) is 26.7 Å². The summed E-state index contributed by atoms with van der Waals surface area (Å²) in [6.07, 6.45) is 2.09. The van der Waals surface area contributed by atoms with Gasteiger partial charge >= 0.3 is 0 Å². The number of benzene rings is 1. The molecule has 7 heteroatoms. The molecule has 0 fully saturated rings. The molecule has 1 aromatic rings. The number of hydrogen-bond donors (Lipinski definition) is 1. The van der Waals surface area contributed by atoms with Gasteiger partial charge in [0.05, 0.1) is 17.0 Å². The predicted molar refractivity (Wildman–Crippen MR) is 90.7 cm³/mol. The Morgan fingerprint density at radius 2 is 1.95 bits per heavy atom. The fraction of sp³-hybridized carbons (Fsp3) is 0.533. The summed E-state index contributed by atoms with van der Waals surface area (Å²) in [5.74, 6) is 0.345. The van der Waals surface area contributed by atoms with E-state index in [1.54, 1.807) is 24.3 Å². The van der Waals surface area contributed by atoms with Gasteiger partial charge in [0, 0.05) is 19.5 Å². The third-order valence-electron chi connectivity index (χ3n) is 3.11. The summed E-state index contributed by atoms with van der Waals surface area (Å²) >= 11 is 6.05. The second kappa shape index (κ2) is 8.39. The average molecular weight is 347 g/mol. The summed E-state index contributed by atoms with van der Waals surface area (Å²) in [4.78, 5) is 11.8. The maximum Gasteiger partial charge on any atom is 0.232 e. The van der Waals surface area contributed by atoms with Gasteiger partial charge in [-0.2, -0.15) is 0 Å². The van der Waals surface area contributed by atoms with Gasteiger partial charge in [-0.25, -0.2) is 8.42 Å². The molecular formula is C15H23ClN2O3S. The van der Waals surface area contributed by atoms with E-state index in [4.69, 9.17) is 11.6 Å². The SMILES string of the molecule is CC(C)CCNC(=O)CCN(c1ccccc1Cl)S(C)(=O)=O. The lowest BCUT2D eigenvalue weighted by molar-refractivity contribution is -0.120. The zero-order valence-electron chi connectivity index (χ0n) is 13.2. The van der Waals surface area contributed by atoms with Gasteiger partial charge in [-0.1, -0.05) is 37.6 Å². The minimum atomic E-state index is -3.50. The molecule has 0 aliphatic carbocycles. The molecule has 1 rings (SSSR count). The number of amides is 1. The van der Waals surface area contributed by atoms with Crippen molar-refractivity contribution in [3.63, 3.8) is 0 Å². The Hall–Kier alpha value is -1.27. The number of rotatable bonds is 8. The highest BCUT2D eigenvalue weighted by Crippen LogP contribution is 2.27. The van der Waals surface area contributed by atoms with Gasteiger partial charge in [-0.3, -0.25) is 9.10 Å². The number of carbonyl (C=O) groups excluding carboxylic acids is 1. The molecule has 0 aliphatic heterocycles. The van der Waals surface area contributed by atoms with Crippen molar-refractivity contribution < 1.29 is 13.2 Å². The summed E-state index contributed by atoms with van der Waals surface area (Å²) < 4.78 is 25.0. The normalized spacial score (nSPS) is 11.5. The molecule has 124 valence electrons. The first-order chi connectivity index (χ1) is 10.2. The summed E-state index contributed by atoms with van der Waals surface area (Å²) in [5, 5.41) is 3.13. The van der Waals surface area contributed by atoms with E-state index in [0.717, 1.165) is 17.0 Å². The van der Waals surface area contributed by atoms with Crippen LogP contribution in [-0.2, 0) is 14.8 Å². The first kappa shape index (κ1) is 18.8. The zero-order valence-corrected chi connectivity index (χ0v) is 14.7. The standard InChI is InChI=1S/C15H23ClN2O3S/c1-12(2)8-10-17-15(19)9-11-18(22(3,20)21)14-7-5-4-6-13(14)16/h4-7,12H,8-11H2,1-3H3,(H,17,19). The van der Waals surface area contributed by atoms with Gasteiger partial charge in [0.15, 0.2) is 0 Å². The minimum absolute atomic E-state index is 0.0656. The van der Waals surface area contributed by atoms with E-state index in [9.17, 15) is 13.2 Å². The van der Waals surface area contributed by atoms with Crippen LogP contribution in [0.3, 0.4) is 0 Å². The fourth-order valence-electron chi connectivity index (χ4n) is 1.91. The van der Waals surface area contributed by atoms with E-state index in [1.165, 1.54) is 0 Å². The Morgan fingerprint density at radius 1 is 1.32 bits per heavy atom. The van der Waals surface area contributed by atoms with Gasteiger partial charge < -0.3 is 5.32 Å². The number of halogens is 1. The van der Waals surface area contributed by atoms with Crippen LogP contribution >= 0.6 is 11.6 Å². The Morgan fingerprint density at radius 3 is 2.50 bits per heavy atom. The molecule has 1 N–H and O–H groups in total. The van der Waals surface area contributed by atoms with E-state index in [2.05, 4.69) is 19.2 Å². The number of anilines is 1. The first-order valence-corrected chi connectivity index (χ1v) is 9.43. The molecule has 0 heterocycles. The lowest BCUT2D eigenvalue weighted by Crippen LogP contribution is -2.35. The minimum Gasteiger partial charge on any atom is -0.356 e. The monoisotopic (exact) mass is 346 g/mol. The van der Waals surface area contributed by atoms with Crippen molar-refractivity contribution in [1.29, 1.82) is 0 Å². The molecule has 0 atom stereocenters. The quantitative estimate of drug-likeness (QED) is 0.787. The molecule has 1 aromatic carbocycles.